The van der Waals surface area contributed by atoms with Gasteiger partial charge in [0.25, 0.3) is 0 Å². The van der Waals surface area contributed by atoms with Crippen LogP contribution in [0, 0.1) is 5.92 Å². The molecule has 0 aliphatic heterocycles. The van der Waals surface area contributed by atoms with Crippen molar-refractivity contribution in [3.8, 4) is 16.9 Å². The summed E-state index contributed by atoms with van der Waals surface area (Å²) in [5.41, 5.74) is 6.43. The summed E-state index contributed by atoms with van der Waals surface area (Å²) in [6.45, 7) is 6.47. The van der Waals surface area contributed by atoms with E-state index in [0.717, 1.165) is 54.4 Å². The monoisotopic (exact) mass is 624 g/mol. The number of fused-ring (bicyclic) bond motifs is 1. The first-order chi connectivity index (χ1) is 22.5. The lowest BCUT2D eigenvalue weighted by atomic mass is 9.84. The molecule has 4 rings (SSSR count). The van der Waals surface area contributed by atoms with Crippen LogP contribution >= 0.6 is 0 Å². The SMILES string of the molecule is CCCCCCCCCCc1ccc(-c2ccc(C(=O)Oc3ccc4c(c3)CCC(C(=O)O[C@H](C)CCCCCC)C4)cc2)cc1. The maximum atomic E-state index is 13.0. The number of benzene rings is 3. The predicted octanol–water partition coefficient (Wildman–Crippen LogP) is 11.3. The molecule has 0 fully saturated rings. The zero-order valence-corrected chi connectivity index (χ0v) is 28.7. The van der Waals surface area contributed by atoms with Crippen LogP contribution in [0.15, 0.2) is 66.7 Å². The molecule has 4 heteroatoms. The Morgan fingerprint density at radius 3 is 2.00 bits per heavy atom. The first-order valence-corrected chi connectivity index (χ1v) is 18.2. The van der Waals surface area contributed by atoms with E-state index in [1.54, 1.807) is 0 Å². The highest BCUT2D eigenvalue weighted by atomic mass is 16.5. The lowest BCUT2D eigenvalue weighted by molar-refractivity contribution is -0.154. The van der Waals surface area contributed by atoms with Crippen LogP contribution in [-0.2, 0) is 28.8 Å². The number of hydrogen-bond acceptors (Lipinski definition) is 4. The quantitative estimate of drug-likeness (QED) is 0.0756. The average molecular weight is 625 g/mol. The van der Waals surface area contributed by atoms with E-state index in [1.165, 1.54) is 76.2 Å². The Morgan fingerprint density at radius 2 is 1.33 bits per heavy atom. The van der Waals surface area contributed by atoms with Gasteiger partial charge in [-0.25, -0.2) is 4.79 Å². The summed E-state index contributed by atoms with van der Waals surface area (Å²) in [5.74, 6) is -0.00927. The van der Waals surface area contributed by atoms with Crippen molar-refractivity contribution in [1.82, 2.24) is 0 Å². The number of carbonyl (C=O) groups is 2. The molecule has 0 heterocycles. The smallest absolute Gasteiger partial charge is 0.343 e. The van der Waals surface area contributed by atoms with Crippen LogP contribution in [-0.4, -0.2) is 18.0 Å². The third kappa shape index (κ3) is 11.4. The van der Waals surface area contributed by atoms with E-state index in [2.05, 4.69) is 38.1 Å². The molecule has 0 saturated heterocycles. The fraction of sp³-hybridized carbons (Fsp3) is 0.524. The number of hydrogen-bond donors (Lipinski definition) is 0. The second kappa shape index (κ2) is 19.3. The minimum absolute atomic E-state index is 0.0310. The van der Waals surface area contributed by atoms with Gasteiger partial charge >= 0.3 is 11.9 Å². The summed E-state index contributed by atoms with van der Waals surface area (Å²) < 4.78 is 11.5. The maximum Gasteiger partial charge on any atom is 0.343 e. The molecule has 46 heavy (non-hydrogen) atoms. The zero-order valence-electron chi connectivity index (χ0n) is 28.7. The van der Waals surface area contributed by atoms with E-state index in [-0.39, 0.29) is 24.0 Å². The number of aryl methyl sites for hydroxylation is 2. The van der Waals surface area contributed by atoms with Crippen molar-refractivity contribution in [2.45, 2.75) is 136 Å². The van der Waals surface area contributed by atoms with Crippen molar-refractivity contribution in [3.63, 3.8) is 0 Å². The molecule has 0 radical (unpaired) electrons. The minimum Gasteiger partial charge on any atom is -0.462 e. The third-order valence-electron chi connectivity index (χ3n) is 9.46. The van der Waals surface area contributed by atoms with Gasteiger partial charge < -0.3 is 9.47 Å². The van der Waals surface area contributed by atoms with Gasteiger partial charge in [-0.1, -0.05) is 121 Å². The molecular formula is C42H56O4. The Labute approximate surface area is 278 Å². The highest BCUT2D eigenvalue weighted by Crippen LogP contribution is 2.30. The van der Waals surface area contributed by atoms with Gasteiger partial charge in [0.15, 0.2) is 0 Å². The molecule has 0 bridgehead atoms. The molecule has 3 aromatic carbocycles. The minimum atomic E-state index is -0.364. The summed E-state index contributed by atoms with van der Waals surface area (Å²) in [6, 6.07) is 22.3. The van der Waals surface area contributed by atoms with Crippen molar-refractivity contribution >= 4 is 11.9 Å². The van der Waals surface area contributed by atoms with Crippen LogP contribution in [0.25, 0.3) is 11.1 Å². The molecule has 0 amide bonds. The average Bonchev–Trinajstić information content (AvgIpc) is 3.08. The van der Waals surface area contributed by atoms with Gasteiger partial charge in [-0.15, -0.1) is 0 Å². The Bertz CT molecular complexity index is 1340. The molecule has 1 aliphatic rings. The summed E-state index contributed by atoms with van der Waals surface area (Å²) in [6.07, 6.45) is 19.7. The zero-order chi connectivity index (χ0) is 32.6. The van der Waals surface area contributed by atoms with E-state index in [0.29, 0.717) is 17.7 Å². The molecule has 248 valence electrons. The van der Waals surface area contributed by atoms with Crippen molar-refractivity contribution in [2.75, 3.05) is 0 Å². The van der Waals surface area contributed by atoms with Crippen LogP contribution in [0.5, 0.6) is 5.75 Å². The molecule has 0 saturated carbocycles. The van der Waals surface area contributed by atoms with Crippen LogP contribution in [0.4, 0.5) is 0 Å². The number of carbonyl (C=O) groups excluding carboxylic acids is 2. The van der Waals surface area contributed by atoms with Gasteiger partial charge in [-0.3, -0.25) is 4.79 Å². The normalized spacial score (nSPS) is 14.8. The fourth-order valence-electron chi connectivity index (χ4n) is 6.50. The largest absolute Gasteiger partial charge is 0.462 e. The molecule has 0 N–H and O–H groups in total. The van der Waals surface area contributed by atoms with Gasteiger partial charge in [-0.2, -0.15) is 0 Å². The maximum absolute atomic E-state index is 13.0. The summed E-state index contributed by atoms with van der Waals surface area (Å²) in [4.78, 5) is 25.8. The number of unbranched alkanes of at least 4 members (excludes halogenated alkanes) is 10. The predicted molar refractivity (Wildman–Crippen MR) is 189 cm³/mol. The van der Waals surface area contributed by atoms with Crippen molar-refractivity contribution < 1.29 is 19.1 Å². The highest BCUT2D eigenvalue weighted by molar-refractivity contribution is 5.91. The van der Waals surface area contributed by atoms with Gasteiger partial charge in [-0.05, 0) is 104 Å². The molecule has 2 atom stereocenters. The Kier molecular flexibility index (Phi) is 14.9. The second-order valence-electron chi connectivity index (χ2n) is 13.4. The van der Waals surface area contributed by atoms with Crippen LogP contribution in [0.1, 0.15) is 138 Å². The Morgan fingerprint density at radius 1 is 0.717 bits per heavy atom. The summed E-state index contributed by atoms with van der Waals surface area (Å²) >= 11 is 0. The second-order valence-corrected chi connectivity index (χ2v) is 13.4. The van der Waals surface area contributed by atoms with Crippen LogP contribution in [0.3, 0.4) is 0 Å². The number of rotatable bonds is 19. The van der Waals surface area contributed by atoms with E-state index in [9.17, 15) is 9.59 Å². The molecule has 1 unspecified atom stereocenters. The van der Waals surface area contributed by atoms with Crippen molar-refractivity contribution in [1.29, 1.82) is 0 Å². The topological polar surface area (TPSA) is 52.6 Å². The molecular weight excluding hydrogens is 568 g/mol. The molecule has 1 aliphatic carbocycles. The molecule has 0 aromatic heterocycles. The number of esters is 2. The van der Waals surface area contributed by atoms with E-state index >= 15 is 0 Å². The Balaban J connectivity index is 1.21. The van der Waals surface area contributed by atoms with Crippen molar-refractivity contribution in [3.05, 3.63) is 89.0 Å². The molecule has 3 aromatic rings. The van der Waals surface area contributed by atoms with E-state index < -0.39 is 0 Å². The fourth-order valence-corrected chi connectivity index (χ4v) is 6.50. The first kappa shape index (κ1) is 35.5. The van der Waals surface area contributed by atoms with Gasteiger partial charge in [0.1, 0.15) is 5.75 Å². The van der Waals surface area contributed by atoms with Crippen molar-refractivity contribution in [2.24, 2.45) is 5.92 Å². The number of ether oxygens (including phenoxy) is 2. The molecule has 4 nitrogen and oxygen atoms in total. The first-order valence-electron chi connectivity index (χ1n) is 18.2. The standard InChI is InChI=1S/C42H56O4/c1-4-6-8-10-11-12-13-15-17-33-18-20-34(21-19-33)35-22-24-36(25-23-35)41(43)46-40-29-28-37-30-39(27-26-38(37)31-40)42(44)45-32(3)16-14-9-7-5-2/h18-25,28-29,31-32,39H,4-17,26-27,30H2,1-3H3/t32-,39?/m1/s1. The Hall–Kier alpha value is -3.40. The van der Waals surface area contributed by atoms with Crippen LogP contribution in [0.2, 0.25) is 0 Å². The third-order valence-corrected chi connectivity index (χ3v) is 9.46. The van der Waals surface area contributed by atoms with E-state index in [1.807, 2.05) is 49.4 Å². The highest BCUT2D eigenvalue weighted by Gasteiger charge is 2.27. The van der Waals surface area contributed by atoms with E-state index in [4.69, 9.17) is 9.47 Å². The summed E-state index contributed by atoms with van der Waals surface area (Å²) in [5, 5.41) is 0. The van der Waals surface area contributed by atoms with Gasteiger partial charge in [0.05, 0.1) is 17.6 Å². The molecule has 0 spiro atoms. The summed E-state index contributed by atoms with van der Waals surface area (Å²) in [7, 11) is 0. The van der Waals surface area contributed by atoms with Gasteiger partial charge in [0, 0.05) is 0 Å². The van der Waals surface area contributed by atoms with Crippen LogP contribution < -0.4 is 4.74 Å². The van der Waals surface area contributed by atoms with Gasteiger partial charge in [0.2, 0.25) is 0 Å². The lowest BCUT2D eigenvalue weighted by Crippen LogP contribution is -2.27. The lowest BCUT2D eigenvalue weighted by Gasteiger charge is -2.25.